The van der Waals surface area contributed by atoms with Crippen molar-refractivity contribution in [2.75, 3.05) is 18.4 Å². The number of hydrogen-bond acceptors (Lipinski definition) is 5. The topological polar surface area (TPSA) is 75.7 Å². The summed E-state index contributed by atoms with van der Waals surface area (Å²) in [6, 6.07) is 20.0. The number of hydrogen-bond donors (Lipinski definition) is 1. The summed E-state index contributed by atoms with van der Waals surface area (Å²) in [6.45, 7) is 1.04. The van der Waals surface area contributed by atoms with Crippen LogP contribution in [0.3, 0.4) is 0 Å². The summed E-state index contributed by atoms with van der Waals surface area (Å²) >= 11 is 1.37. The quantitative estimate of drug-likeness (QED) is 0.324. The van der Waals surface area contributed by atoms with E-state index >= 15 is 0 Å². The molecule has 4 rings (SSSR count). The summed E-state index contributed by atoms with van der Waals surface area (Å²) < 4.78 is 5.52. The van der Waals surface area contributed by atoms with Gasteiger partial charge in [-0.05, 0) is 60.2 Å². The smallest absolute Gasteiger partial charge is 0.314 e. The van der Waals surface area contributed by atoms with Crippen LogP contribution in [-0.4, -0.2) is 35.8 Å². The van der Waals surface area contributed by atoms with Gasteiger partial charge in [-0.2, -0.15) is 0 Å². The van der Waals surface area contributed by atoms with Gasteiger partial charge in [0, 0.05) is 24.9 Å². The van der Waals surface area contributed by atoms with Crippen molar-refractivity contribution >= 4 is 40.9 Å². The van der Waals surface area contributed by atoms with Crippen LogP contribution in [0, 0.1) is 5.92 Å². The first-order valence-electron chi connectivity index (χ1n) is 10.8. The monoisotopic (exact) mass is 460 g/mol. The van der Waals surface area contributed by atoms with Gasteiger partial charge < -0.3 is 15.0 Å². The number of piperidine rings is 1. The first kappa shape index (κ1) is 22.5. The maximum atomic E-state index is 12.6. The Labute approximate surface area is 196 Å². The Bertz CT molecular complexity index is 1120. The van der Waals surface area contributed by atoms with E-state index in [1.807, 2.05) is 41.8 Å². The zero-order valence-electron chi connectivity index (χ0n) is 18.0. The lowest BCUT2D eigenvalue weighted by Gasteiger charge is -2.30. The van der Waals surface area contributed by atoms with E-state index < -0.39 is 0 Å². The van der Waals surface area contributed by atoms with Gasteiger partial charge in [-0.3, -0.25) is 14.4 Å². The number of anilines is 1. The fraction of sp³-hybridized carbons (Fsp3) is 0.192. The average Bonchev–Trinajstić information content (AvgIpc) is 3.40. The summed E-state index contributed by atoms with van der Waals surface area (Å²) in [5.74, 6) is -0.332. The number of ether oxygens (including phenoxy) is 1. The van der Waals surface area contributed by atoms with Crippen molar-refractivity contribution in [2.24, 2.45) is 5.92 Å². The number of likely N-dealkylation sites (tertiary alicyclic amines) is 1. The summed E-state index contributed by atoms with van der Waals surface area (Å²) in [6.07, 6.45) is 4.51. The Kier molecular flexibility index (Phi) is 7.32. The Balaban J connectivity index is 1.24. The molecule has 3 aromatic rings. The molecule has 33 heavy (non-hydrogen) atoms. The van der Waals surface area contributed by atoms with E-state index in [-0.39, 0.29) is 23.7 Å². The molecule has 0 radical (unpaired) electrons. The number of thiophene rings is 1. The third-order valence-electron chi connectivity index (χ3n) is 5.43. The van der Waals surface area contributed by atoms with Crippen molar-refractivity contribution in [2.45, 2.75) is 12.8 Å². The van der Waals surface area contributed by atoms with Gasteiger partial charge in [-0.1, -0.05) is 36.4 Å². The third kappa shape index (κ3) is 6.17. The molecule has 1 aliphatic heterocycles. The van der Waals surface area contributed by atoms with E-state index in [0.717, 1.165) is 5.56 Å². The van der Waals surface area contributed by atoms with Crippen LogP contribution >= 0.6 is 11.3 Å². The molecule has 1 aromatic heterocycles. The van der Waals surface area contributed by atoms with Gasteiger partial charge >= 0.3 is 5.97 Å². The molecule has 1 N–H and O–H groups in total. The SMILES string of the molecule is O=C(Nc1ccc(OC(=O)C2CCN(C(=O)/C=C/c3ccccc3)CC2)cc1)c1cccs1. The highest BCUT2D eigenvalue weighted by Gasteiger charge is 2.28. The molecule has 0 spiro atoms. The Morgan fingerprint density at radius 3 is 2.33 bits per heavy atom. The zero-order chi connectivity index (χ0) is 23.0. The average molecular weight is 461 g/mol. The van der Waals surface area contributed by atoms with E-state index in [0.29, 0.717) is 42.2 Å². The zero-order valence-corrected chi connectivity index (χ0v) is 18.8. The standard InChI is InChI=1S/C26H24N2O4S/c29-24(13-8-19-5-2-1-3-6-19)28-16-14-20(15-17-28)26(31)32-22-11-9-21(10-12-22)27-25(30)23-7-4-18-33-23/h1-13,18,20H,14-17H2,(H,27,30)/b13-8+. The van der Waals surface area contributed by atoms with Crippen molar-refractivity contribution in [3.63, 3.8) is 0 Å². The van der Waals surface area contributed by atoms with Gasteiger partial charge in [0.1, 0.15) is 5.75 Å². The number of nitrogens with zero attached hydrogens (tertiary/aromatic N) is 1. The van der Waals surface area contributed by atoms with Crippen LogP contribution in [0.25, 0.3) is 6.08 Å². The molecular weight excluding hydrogens is 436 g/mol. The molecule has 7 heteroatoms. The first-order chi connectivity index (χ1) is 16.1. The van der Waals surface area contributed by atoms with Crippen molar-refractivity contribution in [1.82, 2.24) is 4.90 Å². The molecular formula is C26H24N2O4S. The predicted molar refractivity (Wildman–Crippen MR) is 129 cm³/mol. The molecule has 0 aliphatic carbocycles. The third-order valence-corrected chi connectivity index (χ3v) is 6.30. The van der Waals surface area contributed by atoms with Crippen LogP contribution in [0.4, 0.5) is 5.69 Å². The maximum absolute atomic E-state index is 12.6. The number of rotatable bonds is 6. The molecule has 0 saturated carbocycles. The maximum Gasteiger partial charge on any atom is 0.314 e. The van der Waals surface area contributed by atoms with Gasteiger partial charge in [0.15, 0.2) is 0 Å². The van der Waals surface area contributed by atoms with Crippen molar-refractivity contribution in [3.8, 4) is 5.75 Å². The van der Waals surface area contributed by atoms with E-state index in [9.17, 15) is 14.4 Å². The second-order valence-electron chi connectivity index (χ2n) is 7.72. The largest absolute Gasteiger partial charge is 0.426 e. The van der Waals surface area contributed by atoms with Crippen LogP contribution < -0.4 is 10.1 Å². The molecule has 2 amide bonds. The highest BCUT2D eigenvalue weighted by molar-refractivity contribution is 7.12. The molecule has 0 unspecified atom stereocenters. The summed E-state index contributed by atoms with van der Waals surface area (Å²) in [5, 5.41) is 4.66. The fourth-order valence-corrected chi connectivity index (χ4v) is 4.20. The number of carbonyl (C=O) groups is 3. The predicted octanol–water partition coefficient (Wildman–Crippen LogP) is 4.86. The minimum atomic E-state index is -0.294. The molecule has 0 bridgehead atoms. The molecule has 2 aromatic carbocycles. The number of carbonyl (C=O) groups excluding carboxylic acids is 3. The normalized spacial score (nSPS) is 14.2. The number of nitrogens with one attached hydrogen (secondary N) is 1. The van der Waals surface area contributed by atoms with Gasteiger partial charge in [-0.25, -0.2) is 0 Å². The Hall–Kier alpha value is -3.71. The van der Waals surface area contributed by atoms with Gasteiger partial charge in [-0.15, -0.1) is 11.3 Å². The minimum Gasteiger partial charge on any atom is -0.426 e. The van der Waals surface area contributed by atoms with Crippen molar-refractivity contribution in [1.29, 1.82) is 0 Å². The molecule has 2 heterocycles. The van der Waals surface area contributed by atoms with Crippen LogP contribution in [0.1, 0.15) is 28.1 Å². The fourth-order valence-electron chi connectivity index (χ4n) is 3.58. The first-order valence-corrected chi connectivity index (χ1v) is 11.6. The molecule has 1 aliphatic rings. The molecule has 6 nitrogen and oxygen atoms in total. The molecule has 0 atom stereocenters. The number of amides is 2. The van der Waals surface area contributed by atoms with Crippen molar-refractivity contribution < 1.29 is 19.1 Å². The Morgan fingerprint density at radius 2 is 1.67 bits per heavy atom. The lowest BCUT2D eigenvalue weighted by molar-refractivity contribution is -0.142. The minimum absolute atomic E-state index is 0.0501. The second-order valence-corrected chi connectivity index (χ2v) is 8.67. The highest BCUT2D eigenvalue weighted by Crippen LogP contribution is 2.23. The van der Waals surface area contributed by atoms with E-state index in [2.05, 4.69) is 5.32 Å². The molecule has 168 valence electrons. The van der Waals surface area contributed by atoms with Crippen LogP contribution in [0.15, 0.2) is 78.2 Å². The molecule has 1 saturated heterocycles. The van der Waals surface area contributed by atoms with E-state index in [1.165, 1.54) is 11.3 Å². The molecule has 1 fully saturated rings. The van der Waals surface area contributed by atoms with Crippen molar-refractivity contribution in [3.05, 3.63) is 88.6 Å². The highest BCUT2D eigenvalue weighted by atomic mass is 32.1. The number of benzene rings is 2. The number of esters is 1. The second kappa shape index (κ2) is 10.7. The van der Waals surface area contributed by atoms with Gasteiger partial charge in [0.05, 0.1) is 10.8 Å². The van der Waals surface area contributed by atoms with E-state index in [1.54, 1.807) is 47.4 Å². The lowest BCUT2D eigenvalue weighted by Crippen LogP contribution is -2.40. The van der Waals surface area contributed by atoms with Gasteiger partial charge in [0.25, 0.3) is 5.91 Å². The summed E-state index contributed by atoms with van der Waals surface area (Å²) in [5.41, 5.74) is 1.60. The summed E-state index contributed by atoms with van der Waals surface area (Å²) in [7, 11) is 0. The van der Waals surface area contributed by atoms with Crippen LogP contribution in [-0.2, 0) is 9.59 Å². The van der Waals surface area contributed by atoms with E-state index in [4.69, 9.17) is 4.74 Å². The summed E-state index contributed by atoms with van der Waals surface area (Å²) in [4.78, 5) is 39.5. The van der Waals surface area contributed by atoms with Crippen LogP contribution in [0.5, 0.6) is 5.75 Å². The Morgan fingerprint density at radius 1 is 0.939 bits per heavy atom. The van der Waals surface area contributed by atoms with Gasteiger partial charge in [0.2, 0.25) is 5.91 Å². The lowest BCUT2D eigenvalue weighted by atomic mass is 9.97. The van der Waals surface area contributed by atoms with Crippen LogP contribution in [0.2, 0.25) is 0 Å².